The lowest BCUT2D eigenvalue weighted by Gasteiger charge is -2.18. The molecule has 0 aliphatic carbocycles. The molecule has 6 heteroatoms. The fraction of sp³-hybridized carbons (Fsp3) is 0.130. The van der Waals surface area contributed by atoms with Crippen molar-refractivity contribution in [2.24, 2.45) is 0 Å². The van der Waals surface area contributed by atoms with Crippen molar-refractivity contribution in [3.8, 4) is 0 Å². The number of nitrogens with one attached hydrogen (secondary N) is 1. The maximum Gasteiger partial charge on any atom is 0.251 e. The van der Waals surface area contributed by atoms with Gasteiger partial charge in [-0.3, -0.25) is 9.59 Å². The van der Waals surface area contributed by atoms with E-state index in [0.717, 1.165) is 16.3 Å². The van der Waals surface area contributed by atoms with Crippen LogP contribution < -0.4 is 10.2 Å². The number of amides is 2. The van der Waals surface area contributed by atoms with Gasteiger partial charge in [-0.25, -0.2) is 4.39 Å². The van der Waals surface area contributed by atoms with Crippen molar-refractivity contribution < 1.29 is 14.0 Å². The summed E-state index contributed by atoms with van der Waals surface area (Å²) in [6, 6.07) is 23.1. The van der Waals surface area contributed by atoms with Gasteiger partial charge in [0.05, 0.1) is 6.54 Å². The highest BCUT2D eigenvalue weighted by Crippen LogP contribution is 2.25. The number of carbonyl (C=O) groups excluding carboxylic acids is 2. The minimum atomic E-state index is -0.417. The molecule has 0 unspecified atom stereocenters. The van der Waals surface area contributed by atoms with Gasteiger partial charge in [-0.2, -0.15) is 0 Å². The average Bonchev–Trinajstić information content (AvgIpc) is 2.77. The van der Waals surface area contributed by atoms with Crippen molar-refractivity contribution in [2.45, 2.75) is 10.6 Å². The number of hydrogen-bond donors (Lipinski definition) is 1. The molecule has 0 aromatic heterocycles. The molecule has 3 aromatic rings. The Kier molecular flexibility index (Phi) is 7.03. The van der Waals surface area contributed by atoms with Crippen LogP contribution >= 0.6 is 11.8 Å². The third-order valence-electron chi connectivity index (χ3n) is 4.35. The number of nitrogens with zero attached hydrogens (tertiary/aromatic N) is 1. The molecule has 0 spiro atoms. The molecule has 29 heavy (non-hydrogen) atoms. The van der Waals surface area contributed by atoms with E-state index in [-0.39, 0.29) is 12.5 Å². The van der Waals surface area contributed by atoms with Gasteiger partial charge in [-0.1, -0.05) is 30.3 Å². The monoisotopic (exact) mass is 408 g/mol. The number of thioether (sulfide) groups is 1. The van der Waals surface area contributed by atoms with E-state index in [1.165, 1.54) is 34.7 Å². The van der Waals surface area contributed by atoms with Gasteiger partial charge in [0.25, 0.3) is 5.91 Å². The maximum atomic E-state index is 12.9. The second kappa shape index (κ2) is 9.89. The summed E-state index contributed by atoms with van der Waals surface area (Å²) < 4.78 is 12.9. The van der Waals surface area contributed by atoms with Crippen molar-refractivity contribution in [1.29, 1.82) is 0 Å². The van der Waals surface area contributed by atoms with Gasteiger partial charge in [0.15, 0.2) is 0 Å². The van der Waals surface area contributed by atoms with E-state index < -0.39 is 11.7 Å². The number of benzene rings is 3. The Bertz CT molecular complexity index is 960. The zero-order chi connectivity index (χ0) is 20.6. The quantitative estimate of drug-likeness (QED) is 0.585. The van der Waals surface area contributed by atoms with E-state index in [9.17, 15) is 14.0 Å². The topological polar surface area (TPSA) is 49.4 Å². The summed E-state index contributed by atoms with van der Waals surface area (Å²) in [7, 11) is 1.67. The zero-order valence-corrected chi connectivity index (χ0v) is 16.8. The first-order valence-electron chi connectivity index (χ1n) is 9.10. The maximum absolute atomic E-state index is 12.9. The molecule has 1 N–H and O–H groups in total. The third kappa shape index (κ3) is 5.93. The zero-order valence-electron chi connectivity index (χ0n) is 16.0. The molecule has 0 bridgehead atoms. The van der Waals surface area contributed by atoms with E-state index in [2.05, 4.69) is 17.4 Å². The van der Waals surface area contributed by atoms with Crippen LogP contribution in [0.4, 0.5) is 10.1 Å². The largest absolute Gasteiger partial charge is 0.343 e. The Hall–Kier alpha value is -3.12. The van der Waals surface area contributed by atoms with Gasteiger partial charge >= 0.3 is 0 Å². The van der Waals surface area contributed by atoms with E-state index in [1.807, 2.05) is 42.5 Å². The minimum absolute atomic E-state index is 0.142. The summed E-state index contributed by atoms with van der Waals surface area (Å²) in [5, 5.41) is 2.56. The molecule has 0 fully saturated rings. The molecule has 0 radical (unpaired) electrons. The summed E-state index contributed by atoms with van der Waals surface area (Å²) in [6.07, 6.45) is 0. The predicted octanol–water partition coefficient (Wildman–Crippen LogP) is 4.51. The first-order chi connectivity index (χ1) is 14.0. The summed E-state index contributed by atoms with van der Waals surface area (Å²) in [6.45, 7) is -0.142. The summed E-state index contributed by atoms with van der Waals surface area (Å²) in [5.74, 6) is -0.197. The van der Waals surface area contributed by atoms with Crippen LogP contribution in [0.1, 0.15) is 15.9 Å². The standard InChI is InChI=1S/C23H21FN2O2S/c1-26(22(27)15-25-23(28)18-7-9-19(24)10-8-18)20-11-13-21(14-12-20)29-16-17-5-3-2-4-6-17/h2-14H,15-16H2,1H3,(H,25,28). The number of rotatable bonds is 7. The molecule has 0 aliphatic rings. The molecule has 0 atom stereocenters. The van der Waals surface area contributed by atoms with Gasteiger partial charge in [-0.15, -0.1) is 11.8 Å². The summed E-state index contributed by atoms with van der Waals surface area (Å²) in [5.41, 5.74) is 2.31. The van der Waals surface area contributed by atoms with Crippen LogP contribution in [0.5, 0.6) is 0 Å². The number of likely N-dealkylation sites (N-methyl/N-ethyl adjacent to an activating group) is 1. The molecule has 2 amide bonds. The Morgan fingerprint density at radius 1 is 0.931 bits per heavy atom. The van der Waals surface area contributed by atoms with Gasteiger partial charge in [0.2, 0.25) is 5.91 Å². The van der Waals surface area contributed by atoms with Gasteiger partial charge in [-0.05, 0) is 54.1 Å². The lowest BCUT2D eigenvalue weighted by atomic mass is 10.2. The van der Waals surface area contributed by atoms with Gasteiger partial charge in [0.1, 0.15) is 5.82 Å². The molecule has 0 saturated carbocycles. The van der Waals surface area contributed by atoms with E-state index in [4.69, 9.17) is 0 Å². The molecule has 0 aliphatic heterocycles. The molecular formula is C23H21FN2O2S. The Balaban J connectivity index is 1.51. The summed E-state index contributed by atoms with van der Waals surface area (Å²) in [4.78, 5) is 27.0. The molecular weight excluding hydrogens is 387 g/mol. The Morgan fingerprint density at radius 3 is 2.24 bits per heavy atom. The highest BCUT2D eigenvalue weighted by molar-refractivity contribution is 7.98. The van der Waals surface area contributed by atoms with Crippen LogP contribution in [0.2, 0.25) is 0 Å². The van der Waals surface area contributed by atoms with Crippen LogP contribution in [-0.4, -0.2) is 25.4 Å². The van der Waals surface area contributed by atoms with Gasteiger partial charge in [0, 0.05) is 28.9 Å². The lowest BCUT2D eigenvalue weighted by Crippen LogP contribution is -2.38. The highest BCUT2D eigenvalue weighted by atomic mass is 32.2. The number of carbonyl (C=O) groups is 2. The molecule has 4 nitrogen and oxygen atoms in total. The van der Waals surface area contributed by atoms with Crippen molar-refractivity contribution in [3.63, 3.8) is 0 Å². The summed E-state index contributed by atoms with van der Waals surface area (Å²) >= 11 is 1.73. The van der Waals surface area contributed by atoms with E-state index >= 15 is 0 Å². The molecule has 148 valence electrons. The first kappa shape index (κ1) is 20.6. The van der Waals surface area contributed by atoms with Crippen LogP contribution in [0.25, 0.3) is 0 Å². The van der Waals surface area contributed by atoms with E-state index in [0.29, 0.717) is 5.56 Å². The van der Waals surface area contributed by atoms with Crippen LogP contribution in [-0.2, 0) is 10.5 Å². The van der Waals surface area contributed by atoms with Crippen LogP contribution in [0, 0.1) is 5.82 Å². The Morgan fingerprint density at radius 2 is 1.59 bits per heavy atom. The third-order valence-corrected chi connectivity index (χ3v) is 5.44. The predicted molar refractivity (Wildman–Crippen MR) is 115 cm³/mol. The average molecular weight is 408 g/mol. The smallest absolute Gasteiger partial charge is 0.251 e. The van der Waals surface area contributed by atoms with Crippen molar-refractivity contribution in [2.75, 3.05) is 18.5 Å². The SMILES string of the molecule is CN(C(=O)CNC(=O)c1ccc(F)cc1)c1ccc(SCc2ccccc2)cc1. The number of hydrogen-bond acceptors (Lipinski definition) is 3. The van der Waals surface area contributed by atoms with Crippen LogP contribution in [0.3, 0.4) is 0 Å². The fourth-order valence-corrected chi connectivity index (χ4v) is 3.48. The van der Waals surface area contributed by atoms with Gasteiger partial charge < -0.3 is 10.2 Å². The first-order valence-corrected chi connectivity index (χ1v) is 10.1. The second-order valence-electron chi connectivity index (χ2n) is 6.41. The number of halogens is 1. The van der Waals surface area contributed by atoms with Crippen molar-refractivity contribution in [3.05, 3.63) is 95.8 Å². The van der Waals surface area contributed by atoms with Crippen molar-refractivity contribution >= 4 is 29.3 Å². The number of anilines is 1. The molecule has 0 saturated heterocycles. The van der Waals surface area contributed by atoms with Crippen molar-refractivity contribution in [1.82, 2.24) is 5.32 Å². The molecule has 3 rings (SSSR count). The highest BCUT2D eigenvalue weighted by Gasteiger charge is 2.13. The lowest BCUT2D eigenvalue weighted by molar-refractivity contribution is -0.117. The van der Waals surface area contributed by atoms with Crippen LogP contribution in [0.15, 0.2) is 83.8 Å². The van der Waals surface area contributed by atoms with E-state index in [1.54, 1.807) is 18.8 Å². The minimum Gasteiger partial charge on any atom is -0.343 e. The normalized spacial score (nSPS) is 10.4. The second-order valence-corrected chi connectivity index (χ2v) is 7.46. The fourth-order valence-electron chi connectivity index (χ4n) is 2.63. The molecule has 0 heterocycles. The Labute approximate surface area is 173 Å². The molecule has 3 aromatic carbocycles.